The predicted octanol–water partition coefficient (Wildman–Crippen LogP) is 3.33. The lowest BCUT2D eigenvalue weighted by atomic mass is 9.79. The van der Waals surface area contributed by atoms with Gasteiger partial charge in [-0.1, -0.05) is 50.6 Å². The highest BCUT2D eigenvalue weighted by Crippen LogP contribution is 2.37. The van der Waals surface area contributed by atoms with Gasteiger partial charge in [-0.3, -0.25) is 10.1 Å². The second-order valence-electron chi connectivity index (χ2n) is 6.88. The normalized spacial score (nSPS) is 28.0. The molecule has 114 valence electrons. The van der Waals surface area contributed by atoms with Gasteiger partial charge in [0.15, 0.2) is 0 Å². The molecule has 3 nitrogen and oxygen atoms in total. The van der Waals surface area contributed by atoms with Crippen molar-refractivity contribution in [3.8, 4) is 0 Å². The van der Waals surface area contributed by atoms with Gasteiger partial charge < -0.3 is 4.90 Å². The minimum Gasteiger partial charge on any atom is -0.322 e. The summed E-state index contributed by atoms with van der Waals surface area (Å²) < 4.78 is 0. The van der Waals surface area contributed by atoms with E-state index in [1.54, 1.807) is 0 Å². The van der Waals surface area contributed by atoms with Gasteiger partial charge in [-0.15, -0.1) is 0 Å². The minimum atomic E-state index is -0.180. The van der Waals surface area contributed by atoms with Crippen molar-refractivity contribution in [2.24, 2.45) is 11.8 Å². The van der Waals surface area contributed by atoms with Crippen LogP contribution in [-0.2, 0) is 4.79 Å². The molecule has 3 unspecified atom stereocenters. The molecule has 0 aromatic heterocycles. The molecule has 1 aromatic rings. The zero-order chi connectivity index (χ0) is 15.0. The first kappa shape index (κ1) is 14.6. The number of hydrogen-bond donors (Lipinski definition) is 1. The van der Waals surface area contributed by atoms with Gasteiger partial charge in [0.05, 0.1) is 6.17 Å². The van der Waals surface area contributed by atoms with Crippen LogP contribution in [0.3, 0.4) is 0 Å². The molecule has 1 N–H and O–H groups in total. The Morgan fingerprint density at radius 3 is 2.33 bits per heavy atom. The van der Waals surface area contributed by atoms with Gasteiger partial charge in [-0.05, 0) is 37.2 Å². The van der Waals surface area contributed by atoms with E-state index in [-0.39, 0.29) is 18.1 Å². The first-order valence-electron chi connectivity index (χ1n) is 8.22. The molecule has 1 aliphatic heterocycles. The smallest absolute Gasteiger partial charge is 0.245 e. The van der Waals surface area contributed by atoms with Crippen molar-refractivity contribution in [3.05, 3.63) is 35.9 Å². The second-order valence-corrected chi connectivity index (χ2v) is 6.88. The molecule has 0 bridgehead atoms. The van der Waals surface area contributed by atoms with Crippen LogP contribution in [-0.4, -0.2) is 23.0 Å². The molecule has 1 aliphatic carbocycles. The van der Waals surface area contributed by atoms with E-state index in [4.69, 9.17) is 0 Å². The second kappa shape index (κ2) is 5.80. The third kappa shape index (κ3) is 2.59. The van der Waals surface area contributed by atoms with Crippen LogP contribution in [0, 0.1) is 11.8 Å². The molecule has 0 radical (unpaired) electrons. The van der Waals surface area contributed by atoms with Crippen molar-refractivity contribution in [2.75, 3.05) is 0 Å². The van der Waals surface area contributed by atoms with Crippen LogP contribution in [0.25, 0.3) is 0 Å². The molecule has 1 aromatic carbocycles. The van der Waals surface area contributed by atoms with Gasteiger partial charge in [-0.2, -0.15) is 0 Å². The molecule has 2 aliphatic rings. The van der Waals surface area contributed by atoms with Gasteiger partial charge in [0.2, 0.25) is 5.91 Å². The van der Waals surface area contributed by atoms with Crippen LogP contribution >= 0.6 is 0 Å². The lowest BCUT2D eigenvalue weighted by Crippen LogP contribution is -2.50. The van der Waals surface area contributed by atoms with Crippen molar-refractivity contribution in [2.45, 2.75) is 58.3 Å². The first-order chi connectivity index (χ1) is 10.1. The third-order valence-electron chi connectivity index (χ3n) is 5.17. The Morgan fingerprint density at radius 2 is 1.81 bits per heavy atom. The Labute approximate surface area is 127 Å². The summed E-state index contributed by atoms with van der Waals surface area (Å²) in [5, 5.41) is 3.57. The average molecular weight is 286 g/mol. The molecule has 1 amide bonds. The fourth-order valence-corrected chi connectivity index (χ4v) is 3.61. The van der Waals surface area contributed by atoms with Gasteiger partial charge in [0.1, 0.15) is 6.04 Å². The van der Waals surface area contributed by atoms with E-state index in [1.165, 1.54) is 19.3 Å². The van der Waals surface area contributed by atoms with E-state index in [2.05, 4.69) is 31.0 Å². The zero-order valence-electron chi connectivity index (χ0n) is 13.3. The molecular weight excluding hydrogens is 260 g/mol. The topological polar surface area (TPSA) is 32.3 Å². The van der Waals surface area contributed by atoms with E-state index < -0.39 is 0 Å². The van der Waals surface area contributed by atoms with Crippen molar-refractivity contribution >= 4 is 5.91 Å². The summed E-state index contributed by atoms with van der Waals surface area (Å²) in [6, 6.07) is 10.3. The summed E-state index contributed by atoms with van der Waals surface area (Å²) in [5.41, 5.74) is 1.08. The highest BCUT2D eigenvalue weighted by atomic mass is 16.2. The Hall–Kier alpha value is -1.35. The monoisotopic (exact) mass is 286 g/mol. The van der Waals surface area contributed by atoms with E-state index >= 15 is 0 Å². The van der Waals surface area contributed by atoms with Crippen LogP contribution < -0.4 is 5.32 Å². The largest absolute Gasteiger partial charge is 0.322 e. The molecular formula is C18H26N2O. The minimum absolute atomic E-state index is 0.151. The Bertz CT molecular complexity index is 495. The number of hydrogen-bond acceptors (Lipinski definition) is 2. The number of carbonyl (C=O) groups is 1. The molecule has 3 atom stereocenters. The van der Waals surface area contributed by atoms with Crippen LogP contribution in [0.5, 0.6) is 0 Å². The van der Waals surface area contributed by atoms with Crippen molar-refractivity contribution in [3.63, 3.8) is 0 Å². The molecule has 1 saturated heterocycles. The van der Waals surface area contributed by atoms with E-state index in [0.717, 1.165) is 5.56 Å². The number of amides is 1. The summed E-state index contributed by atoms with van der Waals surface area (Å²) in [5.74, 6) is 1.36. The van der Waals surface area contributed by atoms with Gasteiger partial charge >= 0.3 is 0 Å². The molecule has 3 rings (SSSR count). The fourth-order valence-electron chi connectivity index (χ4n) is 3.61. The van der Waals surface area contributed by atoms with Crippen molar-refractivity contribution in [1.29, 1.82) is 0 Å². The van der Waals surface area contributed by atoms with E-state index in [0.29, 0.717) is 17.9 Å². The molecule has 0 spiro atoms. The number of nitrogens with zero attached hydrogens (tertiary/aromatic N) is 1. The maximum absolute atomic E-state index is 13.0. The number of benzene rings is 1. The average Bonchev–Trinajstić information content (AvgIpc) is 2.75. The summed E-state index contributed by atoms with van der Waals surface area (Å²) in [4.78, 5) is 15.1. The molecule has 1 heterocycles. The quantitative estimate of drug-likeness (QED) is 0.921. The fraction of sp³-hybridized carbons (Fsp3) is 0.611. The summed E-state index contributed by atoms with van der Waals surface area (Å²) in [6.07, 6.45) is 4.01. The highest BCUT2D eigenvalue weighted by molar-refractivity contribution is 5.86. The maximum atomic E-state index is 13.0. The summed E-state index contributed by atoms with van der Waals surface area (Å²) >= 11 is 0. The summed E-state index contributed by atoms with van der Waals surface area (Å²) in [7, 11) is 0. The third-order valence-corrected chi connectivity index (χ3v) is 5.17. The number of nitrogens with one attached hydrogen (secondary N) is 1. The van der Waals surface area contributed by atoms with Crippen LogP contribution in [0.2, 0.25) is 0 Å². The first-order valence-corrected chi connectivity index (χ1v) is 8.22. The van der Waals surface area contributed by atoms with Crippen LogP contribution in [0.1, 0.15) is 51.6 Å². The Kier molecular flexibility index (Phi) is 4.03. The van der Waals surface area contributed by atoms with Crippen molar-refractivity contribution < 1.29 is 4.79 Å². The Balaban J connectivity index is 1.85. The predicted molar refractivity (Wildman–Crippen MR) is 84.6 cm³/mol. The standard InChI is InChI=1S/C18H26N2O/c1-12(2)17-19-16(15-8-5-4-6-9-15)18(21)20(17)13(3)14-10-7-11-14/h4-6,8-9,12-14,16-17,19H,7,10-11H2,1-3H3. The maximum Gasteiger partial charge on any atom is 0.245 e. The molecule has 3 heteroatoms. The highest BCUT2D eigenvalue weighted by Gasteiger charge is 2.45. The van der Waals surface area contributed by atoms with E-state index in [1.807, 2.05) is 30.3 Å². The van der Waals surface area contributed by atoms with Gasteiger partial charge in [0.25, 0.3) is 0 Å². The lowest BCUT2D eigenvalue weighted by Gasteiger charge is -2.40. The number of carbonyl (C=O) groups excluding carboxylic acids is 1. The summed E-state index contributed by atoms with van der Waals surface area (Å²) in [6.45, 7) is 6.61. The van der Waals surface area contributed by atoms with Gasteiger partial charge in [0, 0.05) is 6.04 Å². The van der Waals surface area contributed by atoms with E-state index in [9.17, 15) is 4.79 Å². The molecule has 21 heavy (non-hydrogen) atoms. The number of rotatable bonds is 4. The zero-order valence-corrected chi connectivity index (χ0v) is 13.3. The van der Waals surface area contributed by atoms with Crippen LogP contribution in [0.4, 0.5) is 0 Å². The molecule has 1 saturated carbocycles. The lowest BCUT2D eigenvalue weighted by molar-refractivity contribution is -0.134. The SMILES string of the molecule is CC(C)C1NC(c2ccccc2)C(=O)N1C(C)C1CCC1. The Morgan fingerprint density at radius 1 is 1.14 bits per heavy atom. The van der Waals surface area contributed by atoms with Crippen LogP contribution in [0.15, 0.2) is 30.3 Å². The van der Waals surface area contributed by atoms with Gasteiger partial charge in [-0.25, -0.2) is 0 Å². The molecule has 2 fully saturated rings. The van der Waals surface area contributed by atoms with Crippen molar-refractivity contribution in [1.82, 2.24) is 10.2 Å².